The third-order valence-electron chi connectivity index (χ3n) is 3.61. The molecule has 0 spiro atoms. The highest BCUT2D eigenvalue weighted by atomic mass is 32.2. The quantitative estimate of drug-likeness (QED) is 0.852. The Morgan fingerprint density at radius 2 is 2.14 bits per heavy atom. The number of aryl methyl sites for hydroxylation is 1. The SMILES string of the molecule is Nc1ccc(F)cc1S(=O)(=O)NC1CCCc2sccc21. The fourth-order valence-corrected chi connectivity index (χ4v) is 4.98. The van der Waals surface area contributed by atoms with Crippen molar-refractivity contribution >= 4 is 27.0 Å². The monoisotopic (exact) mass is 326 g/mol. The van der Waals surface area contributed by atoms with Crippen molar-refractivity contribution < 1.29 is 12.8 Å². The number of benzene rings is 1. The van der Waals surface area contributed by atoms with Crippen LogP contribution in [0.3, 0.4) is 0 Å². The molecule has 1 aliphatic carbocycles. The van der Waals surface area contributed by atoms with Gasteiger partial charge in [-0.2, -0.15) is 0 Å². The summed E-state index contributed by atoms with van der Waals surface area (Å²) in [6.07, 6.45) is 2.64. The molecule has 3 rings (SSSR count). The van der Waals surface area contributed by atoms with E-state index in [4.69, 9.17) is 5.73 Å². The molecule has 21 heavy (non-hydrogen) atoms. The third kappa shape index (κ3) is 2.81. The Labute approximate surface area is 126 Å². The molecule has 1 heterocycles. The Morgan fingerprint density at radius 1 is 1.33 bits per heavy atom. The molecule has 0 saturated heterocycles. The summed E-state index contributed by atoms with van der Waals surface area (Å²) in [7, 11) is -3.84. The first-order chi connectivity index (χ1) is 9.97. The molecule has 3 N–H and O–H groups in total. The van der Waals surface area contributed by atoms with Gasteiger partial charge in [-0.05, 0) is 54.5 Å². The Hall–Kier alpha value is -1.44. The minimum atomic E-state index is -3.84. The van der Waals surface area contributed by atoms with Crippen LogP contribution < -0.4 is 10.5 Å². The zero-order chi connectivity index (χ0) is 15.0. The van der Waals surface area contributed by atoms with Gasteiger partial charge in [0, 0.05) is 10.9 Å². The molecule has 0 aliphatic heterocycles. The minimum Gasteiger partial charge on any atom is -0.398 e. The number of hydrogen-bond acceptors (Lipinski definition) is 4. The lowest BCUT2D eigenvalue weighted by Crippen LogP contribution is -2.31. The molecular formula is C14H15FN2O2S2. The molecule has 0 fully saturated rings. The first-order valence-electron chi connectivity index (χ1n) is 6.61. The van der Waals surface area contributed by atoms with Crippen LogP contribution >= 0.6 is 11.3 Å². The van der Waals surface area contributed by atoms with E-state index < -0.39 is 15.8 Å². The van der Waals surface area contributed by atoms with Crippen molar-refractivity contribution in [2.45, 2.75) is 30.2 Å². The van der Waals surface area contributed by atoms with Crippen molar-refractivity contribution in [1.29, 1.82) is 0 Å². The number of nitrogens with two attached hydrogens (primary N) is 1. The third-order valence-corrected chi connectivity index (χ3v) is 6.14. The summed E-state index contributed by atoms with van der Waals surface area (Å²) in [4.78, 5) is 1.01. The Kier molecular flexibility index (Phi) is 3.73. The first kappa shape index (κ1) is 14.5. The van der Waals surface area contributed by atoms with E-state index in [1.165, 1.54) is 10.9 Å². The number of halogens is 1. The van der Waals surface area contributed by atoms with E-state index in [2.05, 4.69) is 4.72 Å². The van der Waals surface area contributed by atoms with Crippen LogP contribution in [-0.4, -0.2) is 8.42 Å². The molecule has 1 aromatic heterocycles. The van der Waals surface area contributed by atoms with Crippen LogP contribution in [0.4, 0.5) is 10.1 Å². The van der Waals surface area contributed by atoms with E-state index in [9.17, 15) is 12.8 Å². The fraction of sp³-hybridized carbons (Fsp3) is 0.286. The van der Waals surface area contributed by atoms with Crippen LogP contribution in [0.5, 0.6) is 0 Å². The molecule has 1 unspecified atom stereocenters. The molecule has 112 valence electrons. The average Bonchev–Trinajstić information content (AvgIpc) is 2.90. The molecule has 0 bridgehead atoms. The van der Waals surface area contributed by atoms with Crippen LogP contribution in [-0.2, 0) is 16.4 Å². The van der Waals surface area contributed by atoms with E-state index >= 15 is 0 Å². The first-order valence-corrected chi connectivity index (χ1v) is 8.97. The molecule has 1 aliphatic rings. The van der Waals surface area contributed by atoms with Crippen molar-refractivity contribution in [3.63, 3.8) is 0 Å². The molecule has 0 radical (unpaired) electrons. The summed E-state index contributed by atoms with van der Waals surface area (Å²) >= 11 is 1.64. The van der Waals surface area contributed by atoms with E-state index in [1.807, 2.05) is 11.4 Å². The fourth-order valence-electron chi connectivity index (χ4n) is 2.60. The minimum absolute atomic E-state index is 0.0465. The predicted molar refractivity (Wildman–Crippen MR) is 81.1 cm³/mol. The van der Waals surface area contributed by atoms with Gasteiger partial charge in [0.05, 0.1) is 5.69 Å². The largest absolute Gasteiger partial charge is 0.398 e. The average molecular weight is 326 g/mol. The summed E-state index contributed by atoms with van der Waals surface area (Å²) in [5.74, 6) is -0.621. The molecule has 2 aromatic rings. The summed E-state index contributed by atoms with van der Waals surface area (Å²) in [6, 6.07) is 5.04. The smallest absolute Gasteiger partial charge is 0.243 e. The van der Waals surface area contributed by atoms with Gasteiger partial charge in [0.1, 0.15) is 10.7 Å². The van der Waals surface area contributed by atoms with E-state index in [0.29, 0.717) is 0 Å². The number of anilines is 1. The van der Waals surface area contributed by atoms with Gasteiger partial charge in [0.15, 0.2) is 0 Å². The zero-order valence-electron chi connectivity index (χ0n) is 11.2. The van der Waals surface area contributed by atoms with Crippen LogP contribution in [0.25, 0.3) is 0 Å². The van der Waals surface area contributed by atoms with Crippen LogP contribution in [0.15, 0.2) is 34.5 Å². The van der Waals surface area contributed by atoms with E-state index in [1.54, 1.807) is 11.3 Å². The van der Waals surface area contributed by atoms with Crippen LogP contribution in [0.1, 0.15) is 29.3 Å². The molecule has 7 heteroatoms. The number of thiophene rings is 1. The molecule has 0 amide bonds. The highest BCUT2D eigenvalue weighted by molar-refractivity contribution is 7.89. The highest BCUT2D eigenvalue weighted by Crippen LogP contribution is 2.34. The van der Waals surface area contributed by atoms with Crippen molar-refractivity contribution in [3.8, 4) is 0 Å². The summed E-state index contributed by atoms with van der Waals surface area (Å²) < 4.78 is 40.9. The lowest BCUT2D eigenvalue weighted by molar-refractivity contribution is 0.511. The van der Waals surface area contributed by atoms with Crippen molar-refractivity contribution in [2.75, 3.05) is 5.73 Å². The number of nitrogens with one attached hydrogen (secondary N) is 1. The van der Waals surface area contributed by atoms with Gasteiger partial charge in [-0.25, -0.2) is 17.5 Å². The van der Waals surface area contributed by atoms with Gasteiger partial charge in [0.2, 0.25) is 10.0 Å². The van der Waals surface area contributed by atoms with Gasteiger partial charge in [-0.3, -0.25) is 0 Å². The number of rotatable bonds is 3. The second-order valence-electron chi connectivity index (χ2n) is 5.05. The summed E-state index contributed by atoms with van der Waals surface area (Å²) in [5.41, 5.74) is 6.74. The van der Waals surface area contributed by atoms with E-state index in [0.717, 1.165) is 37.0 Å². The van der Waals surface area contributed by atoms with Crippen molar-refractivity contribution in [2.24, 2.45) is 0 Å². The standard InChI is InChI=1S/C14H15FN2O2S2/c15-9-4-5-11(16)14(8-9)21(18,19)17-12-2-1-3-13-10(12)6-7-20-13/h4-8,12,17H,1-3,16H2. The highest BCUT2D eigenvalue weighted by Gasteiger charge is 2.27. The van der Waals surface area contributed by atoms with Gasteiger partial charge in [-0.1, -0.05) is 0 Å². The topological polar surface area (TPSA) is 72.2 Å². The number of sulfonamides is 1. The lowest BCUT2D eigenvalue weighted by atomic mass is 9.95. The van der Waals surface area contributed by atoms with Gasteiger partial charge < -0.3 is 5.73 Å². The normalized spacial score (nSPS) is 18.4. The van der Waals surface area contributed by atoms with Crippen molar-refractivity contribution in [3.05, 3.63) is 45.9 Å². The van der Waals surface area contributed by atoms with Gasteiger partial charge >= 0.3 is 0 Å². The zero-order valence-corrected chi connectivity index (χ0v) is 12.8. The van der Waals surface area contributed by atoms with Crippen LogP contribution in [0.2, 0.25) is 0 Å². The van der Waals surface area contributed by atoms with Gasteiger partial charge in [-0.15, -0.1) is 11.3 Å². The van der Waals surface area contributed by atoms with Gasteiger partial charge in [0.25, 0.3) is 0 Å². The molecule has 1 aromatic carbocycles. The maximum Gasteiger partial charge on any atom is 0.243 e. The number of nitrogen functional groups attached to an aromatic ring is 1. The van der Waals surface area contributed by atoms with Crippen molar-refractivity contribution in [1.82, 2.24) is 4.72 Å². The molecule has 1 atom stereocenters. The molecular weight excluding hydrogens is 311 g/mol. The second-order valence-corrected chi connectivity index (χ2v) is 7.73. The van der Waals surface area contributed by atoms with E-state index in [-0.39, 0.29) is 16.6 Å². The molecule has 0 saturated carbocycles. The maximum absolute atomic E-state index is 13.3. The summed E-state index contributed by atoms with van der Waals surface area (Å²) in [6.45, 7) is 0. The summed E-state index contributed by atoms with van der Waals surface area (Å²) in [5, 5.41) is 1.97. The Morgan fingerprint density at radius 3 is 2.95 bits per heavy atom. The number of fused-ring (bicyclic) bond motifs is 1. The number of hydrogen-bond donors (Lipinski definition) is 2. The predicted octanol–water partition coefficient (Wildman–Crippen LogP) is 2.83. The molecule has 4 nitrogen and oxygen atoms in total. The maximum atomic E-state index is 13.3. The second kappa shape index (κ2) is 5.40. The Balaban J connectivity index is 1.93. The van der Waals surface area contributed by atoms with Crippen LogP contribution in [0, 0.1) is 5.82 Å². The Bertz CT molecular complexity index is 771. The lowest BCUT2D eigenvalue weighted by Gasteiger charge is -2.23.